The Hall–Kier alpha value is -2.49. The first-order valence-electron chi connectivity index (χ1n) is 10.4. The summed E-state index contributed by atoms with van der Waals surface area (Å²) in [4.78, 5) is 47.0. The highest BCUT2D eigenvalue weighted by Gasteiger charge is 2.52. The molecule has 0 saturated carbocycles. The molecule has 0 bridgehead atoms. The summed E-state index contributed by atoms with van der Waals surface area (Å²) in [5, 5.41) is 5.84. The summed E-state index contributed by atoms with van der Waals surface area (Å²) < 4.78 is 28.3. The van der Waals surface area contributed by atoms with Crippen LogP contribution in [0, 0.1) is 0 Å². The van der Waals surface area contributed by atoms with Gasteiger partial charge in [0.1, 0.15) is 12.7 Å². The number of nitrogens with two attached hydrogens (primary N) is 1. The molecule has 36 heavy (non-hydrogen) atoms. The molecule has 0 aliphatic carbocycles. The van der Waals surface area contributed by atoms with E-state index in [2.05, 4.69) is 42.5 Å². The van der Waals surface area contributed by atoms with Gasteiger partial charge in [0, 0.05) is 42.3 Å². The number of halogens is 2. The van der Waals surface area contributed by atoms with E-state index in [-0.39, 0.29) is 11.7 Å². The Morgan fingerprint density at radius 2 is 1.42 bits per heavy atom. The number of anilines is 2. The quantitative estimate of drug-likeness (QED) is 0.170. The van der Waals surface area contributed by atoms with Gasteiger partial charge < -0.3 is 40.1 Å². The van der Waals surface area contributed by atoms with Crippen LogP contribution in [-0.2, 0) is 42.9 Å². The molecule has 2 rings (SSSR count). The lowest BCUT2D eigenvalue weighted by atomic mass is 9.97. The smallest absolute Gasteiger partial charge is 0.303 e. The fourth-order valence-corrected chi connectivity index (χ4v) is 4.72. The lowest BCUT2D eigenvalue weighted by Crippen LogP contribution is -2.66. The van der Waals surface area contributed by atoms with Crippen LogP contribution in [-0.4, -0.2) is 66.2 Å². The van der Waals surface area contributed by atoms with Crippen LogP contribution in [0.3, 0.4) is 0 Å². The maximum Gasteiger partial charge on any atom is 0.303 e. The van der Waals surface area contributed by atoms with Crippen molar-refractivity contribution < 1.29 is 42.9 Å². The van der Waals surface area contributed by atoms with Crippen molar-refractivity contribution in [1.82, 2.24) is 5.32 Å². The molecule has 0 amide bonds. The first kappa shape index (κ1) is 29.7. The highest BCUT2D eigenvalue weighted by Crippen LogP contribution is 2.32. The third kappa shape index (κ3) is 8.57. The summed E-state index contributed by atoms with van der Waals surface area (Å²) in [6.45, 7) is 4.26. The standard InChI is InChI=1S/C21H25Br2N3O9S/c1-8(27)31-7-15-17(32-9(2)28)18(33-10(3)29)19(34-11(4)30)20(35-15)26-21(36)25-12-5-13(22)16(24)14(23)6-12/h5-6,15,17-20H,7,24H2,1-4H3,(H2,25,26,36)/t15?,17-,18?,19?,20-/m0/s1. The van der Waals surface area contributed by atoms with Crippen LogP contribution in [0.5, 0.6) is 0 Å². The number of hydrogen-bond donors (Lipinski definition) is 3. The van der Waals surface area contributed by atoms with Crippen LogP contribution in [0.1, 0.15) is 27.7 Å². The van der Waals surface area contributed by atoms with Crippen LogP contribution >= 0.6 is 44.1 Å². The summed E-state index contributed by atoms with van der Waals surface area (Å²) >= 11 is 12.1. The van der Waals surface area contributed by atoms with Gasteiger partial charge in [0.2, 0.25) is 0 Å². The van der Waals surface area contributed by atoms with Crippen LogP contribution in [0.4, 0.5) is 11.4 Å². The molecule has 1 saturated heterocycles. The molecule has 12 nitrogen and oxygen atoms in total. The number of ether oxygens (including phenoxy) is 5. The summed E-state index contributed by atoms with van der Waals surface area (Å²) in [5.74, 6) is -2.80. The van der Waals surface area contributed by atoms with Gasteiger partial charge in [-0.15, -0.1) is 0 Å². The first-order chi connectivity index (χ1) is 16.8. The number of nitrogen functional groups attached to an aromatic ring is 1. The highest BCUT2D eigenvalue weighted by atomic mass is 79.9. The molecule has 3 unspecified atom stereocenters. The molecule has 0 aromatic heterocycles. The van der Waals surface area contributed by atoms with E-state index in [1.54, 1.807) is 12.1 Å². The van der Waals surface area contributed by atoms with Crippen LogP contribution < -0.4 is 16.4 Å². The van der Waals surface area contributed by atoms with E-state index in [1.807, 2.05) is 0 Å². The number of thiocarbonyl (C=S) groups is 1. The highest BCUT2D eigenvalue weighted by molar-refractivity contribution is 9.11. The zero-order chi connectivity index (χ0) is 27.2. The predicted octanol–water partition coefficient (Wildman–Crippen LogP) is 2.16. The van der Waals surface area contributed by atoms with Gasteiger partial charge in [0.25, 0.3) is 0 Å². The molecule has 1 heterocycles. The van der Waals surface area contributed by atoms with Crippen molar-refractivity contribution in [2.75, 3.05) is 17.7 Å². The van der Waals surface area contributed by atoms with Crippen molar-refractivity contribution in [3.8, 4) is 0 Å². The van der Waals surface area contributed by atoms with Crippen LogP contribution in [0.25, 0.3) is 0 Å². The fraction of sp³-hybridized carbons (Fsp3) is 0.476. The topological polar surface area (TPSA) is 165 Å². The molecule has 0 radical (unpaired) electrons. The van der Waals surface area contributed by atoms with Crippen molar-refractivity contribution in [2.24, 2.45) is 0 Å². The van der Waals surface area contributed by atoms with Crippen LogP contribution in [0.15, 0.2) is 21.1 Å². The number of hydrogen-bond acceptors (Lipinski definition) is 11. The maximum absolute atomic E-state index is 11.9. The Balaban J connectivity index is 2.38. The Bertz CT molecular complexity index is 1020. The van der Waals surface area contributed by atoms with Gasteiger partial charge in [-0.05, 0) is 56.2 Å². The van der Waals surface area contributed by atoms with Crippen molar-refractivity contribution in [3.05, 3.63) is 21.1 Å². The third-order valence-electron chi connectivity index (χ3n) is 4.60. The van der Waals surface area contributed by atoms with E-state index in [1.165, 1.54) is 6.92 Å². The molecule has 1 fully saturated rings. The molecule has 1 aromatic rings. The van der Waals surface area contributed by atoms with Gasteiger partial charge in [-0.1, -0.05) is 0 Å². The van der Waals surface area contributed by atoms with Gasteiger partial charge in [-0.3, -0.25) is 19.2 Å². The van der Waals surface area contributed by atoms with E-state index in [0.717, 1.165) is 20.8 Å². The Morgan fingerprint density at radius 3 is 1.92 bits per heavy atom. The van der Waals surface area contributed by atoms with Gasteiger partial charge in [-0.2, -0.15) is 0 Å². The Labute approximate surface area is 229 Å². The van der Waals surface area contributed by atoms with E-state index in [0.29, 0.717) is 20.3 Å². The summed E-state index contributed by atoms with van der Waals surface area (Å²) in [5.41, 5.74) is 6.94. The third-order valence-corrected chi connectivity index (χ3v) is 6.13. The molecule has 1 aromatic carbocycles. The minimum absolute atomic E-state index is 0.0412. The maximum atomic E-state index is 11.9. The number of esters is 4. The lowest BCUT2D eigenvalue weighted by molar-refractivity contribution is -0.254. The van der Waals surface area contributed by atoms with Gasteiger partial charge in [0.05, 0.1) is 5.69 Å². The van der Waals surface area contributed by atoms with Crippen molar-refractivity contribution in [2.45, 2.75) is 58.3 Å². The largest absolute Gasteiger partial charge is 0.463 e. The molecule has 1 aliphatic heterocycles. The number of carbonyl (C=O) groups is 4. The second-order valence-corrected chi connectivity index (χ2v) is 9.69. The Morgan fingerprint density at radius 1 is 0.917 bits per heavy atom. The van der Waals surface area contributed by atoms with E-state index < -0.39 is 54.5 Å². The average molecular weight is 655 g/mol. The summed E-state index contributed by atoms with van der Waals surface area (Å²) in [6, 6.07) is 3.36. The zero-order valence-corrected chi connectivity index (χ0v) is 23.7. The van der Waals surface area contributed by atoms with E-state index >= 15 is 0 Å². The SMILES string of the molecule is CC(=O)OCC1O[C@H](NC(=S)Nc2cc(Br)c(N)c(Br)c2)C(OC(C)=O)C(OC(C)=O)[C@H]1OC(C)=O. The first-order valence-corrected chi connectivity index (χ1v) is 12.4. The predicted molar refractivity (Wildman–Crippen MR) is 138 cm³/mol. The molecule has 4 N–H and O–H groups in total. The molecular formula is C21H25Br2N3O9S. The number of benzene rings is 1. The van der Waals surface area contributed by atoms with Crippen LogP contribution in [0.2, 0.25) is 0 Å². The molecular weight excluding hydrogens is 630 g/mol. The van der Waals surface area contributed by atoms with Crippen molar-refractivity contribution in [3.63, 3.8) is 0 Å². The minimum atomic E-state index is -1.32. The molecule has 0 spiro atoms. The van der Waals surface area contributed by atoms with Gasteiger partial charge >= 0.3 is 23.9 Å². The van der Waals surface area contributed by atoms with Crippen molar-refractivity contribution in [1.29, 1.82) is 0 Å². The van der Waals surface area contributed by atoms with E-state index in [9.17, 15) is 19.2 Å². The second kappa shape index (κ2) is 13.2. The average Bonchev–Trinajstić information content (AvgIpc) is 2.73. The second-order valence-electron chi connectivity index (χ2n) is 7.57. The van der Waals surface area contributed by atoms with E-state index in [4.69, 9.17) is 41.6 Å². The molecule has 5 atom stereocenters. The van der Waals surface area contributed by atoms with Crippen molar-refractivity contribution >= 4 is 84.4 Å². The number of carbonyl (C=O) groups excluding carboxylic acids is 4. The Kier molecular flexibility index (Phi) is 10.9. The molecule has 1 aliphatic rings. The fourth-order valence-electron chi connectivity index (χ4n) is 3.30. The number of rotatable bonds is 7. The molecule has 198 valence electrons. The lowest BCUT2D eigenvalue weighted by Gasteiger charge is -2.44. The van der Waals surface area contributed by atoms with Gasteiger partial charge in [-0.25, -0.2) is 0 Å². The summed E-state index contributed by atoms with van der Waals surface area (Å²) in [6.07, 6.45) is -6.18. The minimum Gasteiger partial charge on any atom is -0.463 e. The monoisotopic (exact) mass is 653 g/mol. The zero-order valence-electron chi connectivity index (χ0n) is 19.7. The molecule has 15 heteroatoms. The number of nitrogens with one attached hydrogen (secondary N) is 2. The summed E-state index contributed by atoms with van der Waals surface area (Å²) in [7, 11) is 0. The van der Waals surface area contributed by atoms with Gasteiger partial charge in [0.15, 0.2) is 29.7 Å². The normalized spacial score (nSPS) is 23.1.